The number of thiophene rings is 1. The van der Waals surface area contributed by atoms with Gasteiger partial charge in [0, 0.05) is 23.4 Å². The van der Waals surface area contributed by atoms with Crippen LogP contribution in [0.15, 0.2) is 16.3 Å². The van der Waals surface area contributed by atoms with E-state index in [1.165, 1.54) is 17.8 Å². The van der Waals surface area contributed by atoms with Crippen molar-refractivity contribution < 1.29 is 13.5 Å². The second-order valence-corrected chi connectivity index (χ2v) is 8.69. The molecule has 0 unspecified atom stereocenters. The van der Waals surface area contributed by atoms with Crippen molar-refractivity contribution >= 4 is 21.4 Å². The van der Waals surface area contributed by atoms with Gasteiger partial charge in [-0.05, 0) is 31.9 Å². The van der Waals surface area contributed by atoms with Gasteiger partial charge in [-0.15, -0.1) is 11.3 Å². The van der Waals surface area contributed by atoms with Gasteiger partial charge >= 0.3 is 0 Å². The first kappa shape index (κ1) is 15.0. The molecule has 0 spiro atoms. The van der Waals surface area contributed by atoms with Gasteiger partial charge in [-0.3, -0.25) is 0 Å². The van der Waals surface area contributed by atoms with Crippen LogP contribution in [0.25, 0.3) is 0 Å². The zero-order valence-corrected chi connectivity index (χ0v) is 12.8. The van der Waals surface area contributed by atoms with Gasteiger partial charge in [0.05, 0.1) is 0 Å². The smallest absolute Gasteiger partial charge is 0.250 e. The van der Waals surface area contributed by atoms with Gasteiger partial charge in [0.2, 0.25) is 10.0 Å². The van der Waals surface area contributed by atoms with E-state index in [0.29, 0.717) is 10.8 Å². The Labute approximate surface area is 118 Å². The molecule has 1 aromatic heterocycles. The van der Waals surface area contributed by atoms with Crippen molar-refractivity contribution in [1.82, 2.24) is 4.72 Å². The molecular weight excluding hydrogens is 282 g/mol. The molecule has 1 aliphatic rings. The summed E-state index contributed by atoms with van der Waals surface area (Å²) < 4.78 is 27.4. The zero-order chi connectivity index (χ0) is 13.9. The van der Waals surface area contributed by atoms with Crippen LogP contribution >= 0.6 is 11.3 Å². The summed E-state index contributed by atoms with van der Waals surface area (Å²) in [6, 6.07) is 3.44. The molecule has 0 saturated heterocycles. The fraction of sp³-hybridized carbons (Fsp3) is 0.692. The van der Waals surface area contributed by atoms with E-state index in [1.807, 2.05) is 13.0 Å². The molecular formula is C13H21NO3S2. The Morgan fingerprint density at radius 2 is 2.00 bits per heavy atom. The van der Waals surface area contributed by atoms with Crippen LogP contribution in [0.3, 0.4) is 0 Å². The van der Waals surface area contributed by atoms with E-state index in [4.69, 9.17) is 0 Å². The van der Waals surface area contributed by atoms with Crippen molar-refractivity contribution in [3.05, 3.63) is 17.0 Å². The molecule has 0 aliphatic heterocycles. The lowest BCUT2D eigenvalue weighted by molar-refractivity contribution is 0.0867. The number of aliphatic hydroxyl groups is 1. The third-order valence-corrected chi connectivity index (χ3v) is 6.76. The second-order valence-electron chi connectivity index (χ2n) is 5.41. The predicted octanol–water partition coefficient (Wildman–Crippen LogP) is 2.28. The highest BCUT2D eigenvalue weighted by Gasteiger charge is 2.33. The molecule has 0 radical (unpaired) electrons. The molecule has 1 fully saturated rings. The molecule has 1 heterocycles. The number of nitrogens with one attached hydrogen (secondary N) is 1. The summed E-state index contributed by atoms with van der Waals surface area (Å²) in [5, 5.41) is 9.58. The minimum absolute atomic E-state index is 0.0546. The minimum Gasteiger partial charge on any atom is -0.396 e. The molecule has 6 heteroatoms. The Bertz CT molecular complexity index is 516. The highest BCUT2D eigenvalue weighted by atomic mass is 32.2. The van der Waals surface area contributed by atoms with E-state index in [2.05, 4.69) is 4.72 Å². The van der Waals surface area contributed by atoms with E-state index < -0.39 is 10.0 Å². The molecule has 19 heavy (non-hydrogen) atoms. The van der Waals surface area contributed by atoms with Crippen molar-refractivity contribution in [2.45, 2.75) is 43.2 Å². The Kier molecular flexibility index (Phi) is 4.66. The number of sulfonamides is 1. The summed E-state index contributed by atoms with van der Waals surface area (Å²) in [5.41, 5.74) is -0.266. The van der Waals surface area contributed by atoms with E-state index in [0.717, 1.165) is 30.6 Å². The van der Waals surface area contributed by atoms with Gasteiger partial charge in [0.15, 0.2) is 0 Å². The predicted molar refractivity (Wildman–Crippen MR) is 76.8 cm³/mol. The fourth-order valence-electron chi connectivity index (χ4n) is 2.57. The van der Waals surface area contributed by atoms with Crippen LogP contribution in [0.5, 0.6) is 0 Å². The Hall–Kier alpha value is -0.430. The van der Waals surface area contributed by atoms with Gasteiger partial charge < -0.3 is 5.11 Å². The fourth-order valence-corrected chi connectivity index (χ4v) is 5.05. The summed E-state index contributed by atoms with van der Waals surface area (Å²) >= 11 is 1.27. The molecule has 1 aliphatic carbocycles. The zero-order valence-electron chi connectivity index (χ0n) is 11.2. The summed E-state index contributed by atoms with van der Waals surface area (Å²) in [6.45, 7) is 2.28. The van der Waals surface area contributed by atoms with Crippen LogP contribution in [0.2, 0.25) is 0 Å². The second kappa shape index (κ2) is 5.91. The quantitative estimate of drug-likeness (QED) is 0.877. The highest BCUT2D eigenvalue weighted by Crippen LogP contribution is 2.35. The van der Waals surface area contributed by atoms with Crippen molar-refractivity contribution in [3.8, 4) is 0 Å². The molecule has 2 N–H and O–H groups in total. The lowest BCUT2D eigenvalue weighted by Crippen LogP contribution is -2.41. The lowest BCUT2D eigenvalue weighted by atomic mass is 9.75. The summed E-state index contributed by atoms with van der Waals surface area (Å²) in [7, 11) is -3.43. The van der Waals surface area contributed by atoms with Crippen molar-refractivity contribution in [2.75, 3.05) is 13.2 Å². The first-order valence-corrected chi connectivity index (χ1v) is 8.94. The van der Waals surface area contributed by atoms with Gasteiger partial charge in [-0.2, -0.15) is 0 Å². The maximum absolute atomic E-state index is 12.2. The van der Waals surface area contributed by atoms with Gasteiger partial charge in [0.1, 0.15) is 4.21 Å². The molecule has 4 nitrogen and oxygen atoms in total. The molecule has 2 rings (SSSR count). The SMILES string of the molecule is Cc1ccc(S(=O)(=O)NCC2(CO)CCCCC2)s1. The molecule has 108 valence electrons. The van der Waals surface area contributed by atoms with Crippen LogP contribution in [-0.2, 0) is 10.0 Å². The molecule has 1 saturated carbocycles. The average Bonchev–Trinajstić information content (AvgIpc) is 2.85. The number of aryl methyl sites for hydroxylation is 1. The molecule has 0 atom stereocenters. The molecule has 0 amide bonds. The third-order valence-electron chi connectivity index (χ3n) is 3.87. The standard InChI is InChI=1S/C13H21NO3S2/c1-11-5-6-12(18-11)19(16,17)14-9-13(10-15)7-3-2-4-8-13/h5-6,14-15H,2-4,7-10H2,1H3. The van der Waals surface area contributed by atoms with E-state index in [-0.39, 0.29) is 12.0 Å². The van der Waals surface area contributed by atoms with Crippen LogP contribution in [0, 0.1) is 12.3 Å². The monoisotopic (exact) mass is 303 g/mol. The Balaban J connectivity index is 2.04. The number of rotatable bonds is 5. The van der Waals surface area contributed by atoms with E-state index in [9.17, 15) is 13.5 Å². The number of hydrogen-bond donors (Lipinski definition) is 2. The average molecular weight is 303 g/mol. The normalized spacial score (nSPS) is 19.5. The third kappa shape index (κ3) is 3.56. The van der Waals surface area contributed by atoms with Crippen LogP contribution < -0.4 is 4.72 Å². The minimum atomic E-state index is -3.43. The van der Waals surface area contributed by atoms with E-state index >= 15 is 0 Å². The number of hydrogen-bond acceptors (Lipinski definition) is 4. The van der Waals surface area contributed by atoms with Crippen molar-refractivity contribution in [2.24, 2.45) is 5.41 Å². The molecule has 0 bridgehead atoms. The molecule has 1 aromatic rings. The Morgan fingerprint density at radius 1 is 1.32 bits per heavy atom. The lowest BCUT2D eigenvalue weighted by Gasteiger charge is -2.35. The van der Waals surface area contributed by atoms with Gasteiger partial charge in [0.25, 0.3) is 0 Å². The Morgan fingerprint density at radius 3 is 2.53 bits per heavy atom. The maximum atomic E-state index is 12.2. The van der Waals surface area contributed by atoms with Crippen LogP contribution in [0.1, 0.15) is 37.0 Å². The van der Waals surface area contributed by atoms with Crippen LogP contribution in [-0.4, -0.2) is 26.7 Å². The van der Waals surface area contributed by atoms with Crippen molar-refractivity contribution in [1.29, 1.82) is 0 Å². The summed E-state index contributed by atoms with van der Waals surface area (Å²) in [5.74, 6) is 0. The van der Waals surface area contributed by atoms with E-state index in [1.54, 1.807) is 6.07 Å². The van der Waals surface area contributed by atoms with Gasteiger partial charge in [-0.1, -0.05) is 19.3 Å². The van der Waals surface area contributed by atoms with Crippen molar-refractivity contribution in [3.63, 3.8) is 0 Å². The number of aliphatic hydroxyl groups excluding tert-OH is 1. The topological polar surface area (TPSA) is 66.4 Å². The first-order valence-electron chi connectivity index (χ1n) is 6.64. The van der Waals surface area contributed by atoms with Gasteiger partial charge in [-0.25, -0.2) is 13.1 Å². The molecule has 0 aromatic carbocycles. The maximum Gasteiger partial charge on any atom is 0.250 e. The summed E-state index contributed by atoms with van der Waals surface area (Å²) in [6.07, 6.45) is 5.12. The van der Waals surface area contributed by atoms with Crippen LogP contribution in [0.4, 0.5) is 0 Å². The highest BCUT2D eigenvalue weighted by molar-refractivity contribution is 7.91. The first-order chi connectivity index (χ1) is 8.97. The summed E-state index contributed by atoms with van der Waals surface area (Å²) in [4.78, 5) is 0.981. The largest absolute Gasteiger partial charge is 0.396 e.